The fraction of sp³-hybridized carbons (Fsp3) is 0.292. The van der Waals surface area contributed by atoms with Crippen LogP contribution in [0.4, 0.5) is 5.69 Å². The van der Waals surface area contributed by atoms with Gasteiger partial charge in [-0.25, -0.2) is 9.78 Å². The summed E-state index contributed by atoms with van der Waals surface area (Å²) in [6, 6.07) is 11.2. The molecule has 2 N–H and O–H groups in total. The van der Waals surface area contributed by atoms with E-state index in [0.717, 1.165) is 12.8 Å². The first-order valence-electron chi connectivity index (χ1n) is 10.7. The standard InChI is InChI=1S/C24H23N3O5S/c1-2-18(22-23(28)19-8-3-4-9-20(19)32-24(22)29)16-6-5-7-17(12-16)27-33(30,31)21-11-10-15(13-25)14-26-21/h5-7,10-12,14,18,27-28H,2-4,8-9H2,1H3. The van der Waals surface area contributed by atoms with Crippen LogP contribution >= 0.6 is 0 Å². The Kier molecular flexibility index (Phi) is 6.20. The number of nitrogens with zero attached hydrogens (tertiary/aromatic N) is 2. The Bertz CT molecular complexity index is 1390. The molecule has 0 aliphatic heterocycles. The zero-order valence-corrected chi connectivity index (χ0v) is 18.9. The monoisotopic (exact) mass is 465 g/mol. The van der Waals surface area contributed by atoms with Crippen molar-refractivity contribution < 1.29 is 17.9 Å². The number of hydrogen-bond acceptors (Lipinski definition) is 7. The van der Waals surface area contributed by atoms with Crippen LogP contribution in [0.2, 0.25) is 0 Å². The predicted molar refractivity (Wildman–Crippen MR) is 122 cm³/mol. The second-order valence-corrected chi connectivity index (χ2v) is 9.58. The van der Waals surface area contributed by atoms with Crippen molar-refractivity contribution in [2.24, 2.45) is 0 Å². The lowest BCUT2D eigenvalue weighted by molar-refractivity contribution is 0.379. The number of fused-ring (bicyclic) bond motifs is 1. The molecule has 4 rings (SSSR count). The molecule has 0 amide bonds. The lowest BCUT2D eigenvalue weighted by Gasteiger charge is -2.21. The summed E-state index contributed by atoms with van der Waals surface area (Å²) in [5, 5.41) is 19.6. The van der Waals surface area contributed by atoms with E-state index in [0.29, 0.717) is 41.8 Å². The van der Waals surface area contributed by atoms with Crippen molar-refractivity contribution in [3.8, 4) is 11.8 Å². The van der Waals surface area contributed by atoms with Crippen molar-refractivity contribution >= 4 is 15.7 Å². The third-order valence-electron chi connectivity index (χ3n) is 5.83. The Morgan fingerprint density at radius 3 is 2.73 bits per heavy atom. The maximum atomic E-state index is 12.8. The maximum absolute atomic E-state index is 12.8. The number of hydrogen-bond donors (Lipinski definition) is 2. The first kappa shape index (κ1) is 22.6. The highest BCUT2D eigenvalue weighted by molar-refractivity contribution is 7.92. The summed E-state index contributed by atoms with van der Waals surface area (Å²) in [5.74, 6) is 0.0744. The van der Waals surface area contributed by atoms with Gasteiger partial charge in [0.2, 0.25) is 0 Å². The number of aromatic nitrogens is 1. The molecule has 0 radical (unpaired) electrons. The number of aryl methyl sites for hydroxylation is 1. The number of pyridine rings is 1. The van der Waals surface area contributed by atoms with Gasteiger partial charge in [0.1, 0.15) is 17.6 Å². The van der Waals surface area contributed by atoms with Gasteiger partial charge < -0.3 is 9.52 Å². The van der Waals surface area contributed by atoms with Crippen LogP contribution in [0.5, 0.6) is 5.75 Å². The molecule has 2 aromatic heterocycles. The van der Waals surface area contributed by atoms with Crippen LogP contribution in [0, 0.1) is 11.3 Å². The summed E-state index contributed by atoms with van der Waals surface area (Å²) in [7, 11) is -3.98. The highest BCUT2D eigenvalue weighted by Gasteiger charge is 2.27. The fourth-order valence-electron chi connectivity index (χ4n) is 4.21. The topological polar surface area (TPSA) is 133 Å². The van der Waals surface area contributed by atoms with Crippen molar-refractivity contribution in [2.45, 2.75) is 50.0 Å². The predicted octanol–water partition coefficient (Wildman–Crippen LogP) is 3.83. The third-order valence-corrected chi connectivity index (χ3v) is 7.13. The quantitative estimate of drug-likeness (QED) is 0.565. The molecule has 0 saturated heterocycles. The highest BCUT2D eigenvalue weighted by Crippen LogP contribution is 2.37. The van der Waals surface area contributed by atoms with Crippen LogP contribution in [0.25, 0.3) is 0 Å². The second kappa shape index (κ2) is 9.08. The van der Waals surface area contributed by atoms with Crippen LogP contribution in [-0.2, 0) is 22.9 Å². The van der Waals surface area contributed by atoms with Gasteiger partial charge in [0.05, 0.1) is 11.1 Å². The summed E-state index contributed by atoms with van der Waals surface area (Å²) in [4.78, 5) is 16.6. The smallest absolute Gasteiger partial charge is 0.343 e. The van der Waals surface area contributed by atoms with Crippen LogP contribution in [0.15, 0.2) is 56.8 Å². The van der Waals surface area contributed by atoms with Gasteiger partial charge in [-0.05, 0) is 55.5 Å². The average Bonchev–Trinajstić information content (AvgIpc) is 2.81. The van der Waals surface area contributed by atoms with Gasteiger partial charge in [-0.3, -0.25) is 4.72 Å². The lowest BCUT2D eigenvalue weighted by atomic mass is 9.86. The molecule has 3 aromatic rings. The molecule has 0 spiro atoms. The van der Waals surface area contributed by atoms with Crippen molar-refractivity contribution in [3.63, 3.8) is 0 Å². The van der Waals surface area contributed by atoms with Crippen LogP contribution in [0.3, 0.4) is 0 Å². The molecule has 1 aliphatic rings. The van der Waals surface area contributed by atoms with Gasteiger partial charge in [0.25, 0.3) is 10.0 Å². The molecule has 0 bridgehead atoms. The van der Waals surface area contributed by atoms with E-state index in [2.05, 4.69) is 9.71 Å². The lowest BCUT2D eigenvalue weighted by Crippen LogP contribution is -2.19. The van der Waals surface area contributed by atoms with Crippen LogP contribution in [-0.4, -0.2) is 18.5 Å². The normalized spacial score (nSPS) is 14.2. The molecule has 0 saturated carbocycles. The van der Waals surface area contributed by atoms with Gasteiger partial charge in [-0.1, -0.05) is 19.1 Å². The molecule has 1 aliphatic carbocycles. The molecule has 9 heteroatoms. The second-order valence-electron chi connectivity index (χ2n) is 7.95. The van der Waals surface area contributed by atoms with Crippen molar-refractivity contribution in [1.29, 1.82) is 5.26 Å². The molecule has 1 atom stereocenters. The number of anilines is 1. The zero-order chi connectivity index (χ0) is 23.6. The highest BCUT2D eigenvalue weighted by atomic mass is 32.2. The summed E-state index contributed by atoms with van der Waals surface area (Å²) in [6.45, 7) is 1.89. The number of nitrogens with one attached hydrogen (secondary N) is 1. The Hall–Kier alpha value is -3.64. The minimum atomic E-state index is -3.98. The molecule has 1 unspecified atom stereocenters. The van der Waals surface area contributed by atoms with Gasteiger partial charge >= 0.3 is 5.63 Å². The minimum absolute atomic E-state index is 0.0134. The molecule has 2 heterocycles. The summed E-state index contributed by atoms with van der Waals surface area (Å²) in [6.07, 6.45) is 4.83. The van der Waals surface area contributed by atoms with Crippen LogP contribution < -0.4 is 10.3 Å². The van der Waals surface area contributed by atoms with Crippen molar-refractivity contribution in [1.82, 2.24) is 4.98 Å². The fourth-order valence-corrected chi connectivity index (χ4v) is 5.19. The van der Waals surface area contributed by atoms with E-state index in [-0.39, 0.29) is 21.9 Å². The van der Waals surface area contributed by atoms with E-state index in [9.17, 15) is 18.3 Å². The molecule has 1 aromatic carbocycles. The molecular formula is C24H23N3O5S. The Morgan fingerprint density at radius 1 is 1.24 bits per heavy atom. The van der Waals surface area contributed by atoms with E-state index in [4.69, 9.17) is 9.68 Å². The molecule has 0 fully saturated rings. The van der Waals surface area contributed by atoms with E-state index < -0.39 is 21.6 Å². The molecule has 170 valence electrons. The van der Waals surface area contributed by atoms with Gasteiger partial charge in [-0.2, -0.15) is 13.7 Å². The molecule has 33 heavy (non-hydrogen) atoms. The first-order chi connectivity index (χ1) is 15.8. The first-order valence-corrected chi connectivity index (χ1v) is 12.2. The van der Waals surface area contributed by atoms with E-state index in [1.807, 2.05) is 13.0 Å². The number of benzene rings is 1. The van der Waals surface area contributed by atoms with E-state index >= 15 is 0 Å². The van der Waals surface area contributed by atoms with E-state index in [1.165, 1.54) is 18.3 Å². The Balaban J connectivity index is 1.68. The number of nitriles is 1. The Morgan fingerprint density at radius 2 is 2.03 bits per heavy atom. The van der Waals surface area contributed by atoms with Crippen molar-refractivity contribution in [2.75, 3.05) is 4.72 Å². The van der Waals surface area contributed by atoms with Crippen LogP contribution in [0.1, 0.15) is 60.1 Å². The van der Waals surface area contributed by atoms with Gasteiger partial charge in [0.15, 0.2) is 5.03 Å². The zero-order valence-electron chi connectivity index (χ0n) is 18.0. The SMILES string of the molecule is CCC(c1cccc(NS(=O)(=O)c2ccc(C#N)cn2)c1)c1c(O)c2c(oc1=O)CCCC2. The largest absolute Gasteiger partial charge is 0.507 e. The summed E-state index contributed by atoms with van der Waals surface area (Å²) < 4.78 is 33.5. The number of rotatable bonds is 6. The maximum Gasteiger partial charge on any atom is 0.343 e. The average molecular weight is 466 g/mol. The Labute approximate surface area is 191 Å². The third kappa shape index (κ3) is 4.47. The van der Waals surface area contributed by atoms with Gasteiger partial charge in [-0.15, -0.1) is 0 Å². The number of aromatic hydroxyl groups is 1. The van der Waals surface area contributed by atoms with Gasteiger partial charge in [0, 0.05) is 29.8 Å². The van der Waals surface area contributed by atoms with Crippen molar-refractivity contribution in [3.05, 3.63) is 81.0 Å². The summed E-state index contributed by atoms with van der Waals surface area (Å²) in [5.41, 5.74) is 1.55. The van der Waals surface area contributed by atoms with E-state index in [1.54, 1.807) is 24.3 Å². The minimum Gasteiger partial charge on any atom is -0.507 e. The number of sulfonamides is 1. The summed E-state index contributed by atoms with van der Waals surface area (Å²) >= 11 is 0. The molecule has 8 nitrogen and oxygen atoms in total. The molecular weight excluding hydrogens is 442 g/mol.